The highest BCUT2D eigenvalue weighted by molar-refractivity contribution is 6.31. The minimum Gasteiger partial charge on any atom is -0.478 e. The summed E-state index contributed by atoms with van der Waals surface area (Å²) in [5.74, 6) is -1.02. The average molecular weight is 355 g/mol. The van der Waals surface area contributed by atoms with Crippen LogP contribution >= 0.6 is 11.6 Å². The number of benzene rings is 2. The number of nitrogens with one attached hydrogen (secondary N) is 1. The van der Waals surface area contributed by atoms with Crippen molar-refractivity contribution in [2.45, 2.75) is 26.2 Å². The maximum absolute atomic E-state index is 11.6. The maximum Gasteiger partial charge on any atom is 0.339 e. The number of carbonyl (C=O) groups is 1. The van der Waals surface area contributed by atoms with Crippen molar-refractivity contribution in [3.05, 3.63) is 64.8 Å². The van der Waals surface area contributed by atoms with E-state index < -0.39 is 5.97 Å². The molecule has 4 nitrogen and oxygen atoms in total. The largest absolute Gasteiger partial charge is 0.478 e. The molecule has 0 atom stereocenters. The van der Waals surface area contributed by atoms with Gasteiger partial charge in [0, 0.05) is 22.3 Å². The summed E-state index contributed by atoms with van der Waals surface area (Å²) >= 11 is 6.02. The topological polar surface area (TPSA) is 62.2 Å². The lowest BCUT2D eigenvalue weighted by atomic mass is 10.1. The van der Waals surface area contributed by atoms with E-state index in [4.69, 9.17) is 11.6 Å². The van der Waals surface area contributed by atoms with Gasteiger partial charge in [-0.2, -0.15) is 0 Å². The predicted octanol–water partition coefficient (Wildman–Crippen LogP) is 5.67. The molecule has 0 fully saturated rings. The number of unbranched alkanes of at least 4 members (excludes halogenated alkanes) is 1. The van der Waals surface area contributed by atoms with Gasteiger partial charge in [0.15, 0.2) is 0 Å². The molecule has 0 aliphatic carbocycles. The molecule has 0 unspecified atom stereocenters. The third-order valence-electron chi connectivity index (χ3n) is 4.10. The van der Waals surface area contributed by atoms with Crippen LogP contribution in [0.15, 0.2) is 48.7 Å². The Labute approximate surface area is 151 Å². The first-order chi connectivity index (χ1) is 12.1. The van der Waals surface area contributed by atoms with Crippen LogP contribution in [0, 0.1) is 0 Å². The van der Waals surface area contributed by atoms with Gasteiger partial charge in [0.2, 0.25) is 0 Å². The van der Waals surface area contributed by atoms with E-state index in [9.17, 15) is 9.90 Å². The molecule has 2 aromatic carbocycles. The quantitative estimate of drug-likeness (QED) is 0.598. The van der Waals surface area contributed by atoms with Crippen LogP contribution in [-0.4, -0.2) is 16.1 Å². The number of halogens is 1. The fourth-order valence-corrected chi connectivity index (χ4v) is 2.91. The first-order valence-corrected chi connectivity index (χ1v) is 8.64. The Morgan fingerprint density at radius 1 is 1.20 bits per heavy atom. The predicted molar refractivity (Wildman–Crippen MR) is 102 cm³/mol. The highest BCUT2D eigenvalue weighted by Gasteiger charge is 2.15. The number of aryl methyl sites for hydroxylation is 1. The third-order valence-corrected chi connectivity index (χ3v) is 4.34. The molecule has 3 aromatic rings. The summed E-state index contributed by atoms with van der Waals surface area (Å²) in [6.07, 6.45) is 4.73. The number of hydrogen-bond acceptors (Lipinski definition) is 3. The van der Waals surface area contributed by atoms with Gasteiger partial charge in [-0.25, -0.2) is 4.79 Å². The van der Waals surface area contributed by atoms with Gasteiger partial charge in [-0.3, -0.25) is 4.98 Å². The minimum absolute atomic E-state index is 0.130. The normalized spacial score (nSPS) is 10.8. The lowest BCUT2D eigenvalue weighted by Gasteiger charge is -2.13. The number of fused-ring (bicyclic) bond motifs is 1. The van der Waals surface area contributed by atoms with Gasteiger partial charge in [-0.1, -0.05) is 37.1 Å². The smallest absolute Gasteiger partial charge is 0.339 e. The summed E-state index contributed by atoms with van der Waals surface area (Å²) < 4.78 is 0. The molecule has 1 aromatic heterocycles. The number of nitrogens with zero attached hydrogens (tertiary/aromatic N) is 1. The second-order valence-corrected chi connectivity index (χ2v) is 6.38. The molecule has 2 N–H and O–H groups in total. The lowest BCUT2D eigenvalue weighted by molar-refractivity contribution is 0.0697. The first-order valence-electron chi connectivity index (χ1n) is 8.26. The zero-order chi connectivity index (χ0) is 17.8. The molecule has 0 radical (unpaired) electrons. The Morgan fingerprint density at radius 2 is 1.96 bits per heavy atom. The van der Waals surface area contributed by atoms with Crippen LogP contribution in [0.1, 0.15) is 35.7 Å². The molecule has 128 valence electrons. The molecule has 0 saturated carbocycles. The third kappa shape index (κ3) is 3.91. The Bertz CT molecular complexity index is 907. The van der Waals surface area contributed by atoms with E-state index in [1.165, 1.54) is 11.8 Å². The van der Waals surface area contributed by atoms with Crippen LogP contribution in [0.3, 0.4) is 0 Å². The number of hydrogen-bond donors (Lipinski definition) is 2. The number of anilines is 2. The fraction of sp³-hybridized carbons (Fsp3) is 0.200. The second-order valence-electron chi connectivity index (χ2n) is 5.94. The van der Waals surface area contributed by atoms with Crippen LogP contribution in [-0.2, 0) is 6.42 Å². The monoisotopic (exact) mass is 354 g/mol. The van der Waals surface area contributed by atoms with Crippen molar-refractivity contribution in [1.29, 1.82) is 0 Å². The van der Waals surface area contributed by atoms with Crippen molar-refractivity contribution in [2.24, 2.45) is 0 Å². The van der Waals surface area contributed by atoms with E-state index in [2.05, 4.69) is 29.4 Å². The van der Waals surface area contributed by atoms with Gasteiger partial charge in [-0.15, -0.1) is 0 Å². The summed E-state index contributed by atoms with van der Waals surface area (Å²) in [6.45, 7) is 2.17. The zero-order valence-electron chi connectivity index (χ0n) is 13.9. The van der Waals surface area contributed by atoms with Crippen molar-refractivity contribution in [3.8, 4) is 0 Å². The zero-order valence-corrected chi connectivity index (χ0v) is 14.7. The van der Waals surface area contributed by atoms with E-state index in [1.54, 1.807) is 18.2 Å². The molecular formula is C20H19ClN2O2. The summed E-state index contributed by atoms with van der Waals surface area (Å²) in [6, 6.07) is 13.3. The molecule has 0 spiro atoms. The van der Waals surface area contributed by atoms with Crippen molar-refractivity contribution in [1.82, 2.24) is 4.98 Å². The Hall–Kier alpha value is -2.59. The van der Waals surface area contributed by atoms with E-state index >= 15 is 0 Å². The van der Waals surface area contributed by atoms with Gasteiger partial charge in [0.25, 0.3) is 0 Å². The summed E-state index contributed by atoms with van der Waals surface area (Å²) in [4.78, 5) is 15.8. The van der Waals surface area contributed by atoms with Gasteiger partial charge in [0.1, 0.15) is 5.56 Å². The number of carboxylic acids is 1. The molecule has 25 heavy (non-hydrogen) atoms. The van der Waals surface area contributed by atoms with Crippen molar-refractivity contribution < 1.29 is 9.90 Å². The molecular weight excluding hydrogens is 336 g/mol. The highest BCUT2D eigenvalue weighted by Crippen LogP contribution is 2.30. The molecule has 1 heterocycles. The minimum atomic E-state index is -1.02. The number of aromatic nitrogens is 1. The molecule has 0 aliphatic heterocycles. The second kappa shape index (κ2) is 7.53. The summed E-state index contributed by atoms with van der Waals surface area (Å²) in [7, 11) is 0. The van der Waals surface area contributed by atoms with E-state index in [1.807, 2.05) is 12.1 Å². The molecule has 0 bridgehead atoms. The van der Waals surface area contributed by atoms with Crippen LogP contribution in [0.4, 0.5) is 11.4 Å². The van der Waals surface area contributed by atoms with Gasteiger partial charge < -0.3 is 10.4 Å². The van der Waals surface area contributed by atoms with Crippen LogP contribution in [0.5, 0.6) is 0 Å². The summed E-state index contributed by atoms with van der Waals surface area (Å²) in [5.41, 5.74) is 3.42. The average Bonchev–Trinajstić information content (AvgIpc) is 2.60. The van der Waals surface area contributed by atoms with E-state index in [-0.39, 0.29) is 5.56 Å². The molecule has 0 aliphatic rings. The SMILES string of the molecule is CCCCc1ccc(Nc2c(C(=O)O)cnc3cc(Cl)ccc23)cc1. The van der Waals surface area contributed by atoms with Crippen molar-refractivity contribution in [2.75, 3.05) is 5.32 Å². The highest BCUT2D eigenvalue weighted by atomic mass is 35.5. The van der Waals surface area contributed by atoms with Gasteiger partial charge in [0.05, 0.1) is 11.2 Å². The standard InChI is InChI=1S/C20H19ClN2O2/c1-2-3-4-13-5-8-15(9-6-13)23-19-16-10-7-14(21)11-18(16)22-12-17(19)20(24)25/h5-12H,2-4H2,1H3,(H,22,23)(H,24,25). The van der Waals surface area contributed by atoms with Crippen molar-refractivity contribution >= 4 is 39.8 Å². The Kier molecular flexibility index (Phi) is 5.19. The molecule has 5 heteroatoms. The first kappa shape index (κ1) is 17.2. The van der Waals surface area contributed by atoms with Gasteiger partial charge >= 0.3 is 5.97 Å². The Balaban J connectivity index is 1.99. The Morgan fingerprint density at radius 3 is 2.64 bits per heavy atom. The van der Waals surface area contributed by atoms with E-state index in [0.717, 1.165) is 30.3 Å². The number of pyridine rings is 1. The molecule has 0 saturated heterocycles. The maximum atomic E-state index is 11.6. The molecule has 0 amide bonds. The fourth-order valence-electron chi connectivity index (χ4n) is 2.74. The van der Waals surface area contributed by atoms with Crippen LogP contribution in [0.2, 0.25) is 5.02 Å². The van der Waals surface area contributed by atoms with Crippen molar-refractivity contribution in [3.63, 3.8) is 0 Å². The summed E-state index contributed by atoms with van der Waals surface area (Å²) in [5, 5.41) is 14.0. The van der Waals surface area contributed by atoms with Crippen LogP contribution < -0.4 is 5.32 Å². The number of rotatable bonds is 6. The lowest BCUT2D eigenvalue weighted by Crippen LogP contribution is -2.04. The molecule has 3 rings (SSSR count). The van der Waals surface area contributed by atoms with Crippen LogP contribution in [0.25, 0.3) is 10.9 Å². The van der Waals surface area contributed by atoms with Gasteiger partial charge in [-0.05, 0) is 48.7 Å². The number of aromatic carboxylic acids is 1. The van der Waals surface area contributed by atoms with E-state index in [0.29, 0.717) is 16.2 Å². The number of carboxylic acid groups (broad SMARTS) is 1.